The molecule has 0 amide bonds. The van der Waals surface area contributed by atoms with Crippen molar-refractivity contribution in [3.05, 3.63) is 82.6 Å². The normalized spacial score (nSPS) is 17.7. The average Bonchev–Trinajstić information content (AvgIpc) is 3.50. The van der Waals surface area contributed by atoms with E-state index in [0.29, 0.717) is 0 Å². The highest BCUT2D eigenvalue weighted by Gasteiger charge is 2.28. The van der Waals surface area contributed by atoms with Crippen molar-refractivity contribution in [3.8, 4) is 11.3 Å². The van der Waals surface area contributed by atoms with Crippen LogP contribution in [-0.4, -0.2) is 6.54 Å². The second kappa shape index (κ2) is 8.77. The smallest absolute Gasteiger partial charge is 0.133 e. The Kier molecular flexibility index (Phi) is 5.72. The number of unbranched alkanes of at least 4 members (excludes halogenated alkanes) is 3. The minimum absolute atomic E-state index is 0.940. The lowest BCUT2D eigenvalue weighted by Gasteiger charge is -2.37. The van der Waals surface area contributed by atoms with Crippen LogP contribution in [0.4, 0.5) is 5.69 Å². The second-order valence-electron chi connectivity index (χ2n) is 8.28. The number of benzene rings is 1. The lowest BCUT2D eigenvalue weighted by atomic mass is 9.94. The third-order valence-corrected chi connectivity index (χ3v) is 7.36. The Morgan fingerprint density at radius 3 is 2.83 bits per heavy atom. The van der Waals surface area contributed by atoms with E-state index in [9.17, 15) is 0 Å². The average molecular weight is 416 g/mol. The van der Waals surface area contributed by atoms with E-state index < -0.39 is 0 Å². The fourth-order valence-electron chi connectivity index (χ4n) is 4.62. The van der Waals surface area contributed by atoms with E-state index >= 15 is 0 Å². The fraction of sp³-hybridized carbons (Fsp3) is 0.333. The first-order chi connectivity index (χ1) is 14.8. The van der Waals surface area contributed by atoms with Crippen molar-refractivity contribution < 1.29 is 4.42 Å². The molecule has 0 fully saturated rings. The molecule has 2 nitrogen and oxygen atoms in total. The van der Waals surface area contributed by atoms with Gasteiger partial charge in [-0.15, -0.1) is 0 Å². The molecule has 0 atom stereocenters. The number of rotatable bonds is 7. The first-order valence-electron chi connectivity index (χ1n) is 11.3. The van der Waals surface area contributed by atoms with Crippen LogP contribution in [-0.2, 0) is 0 Å². The number of nitrogens with zero attached hydrogens (tertiary/aromatic N) is 1. The summed E-state index contributed by atoms with van der Waals surface area (Å²) >= 11 is 1.93. The first-order valence-corrected chi connectivity index (χ1v) is 12.1. The Bertz CT molecular complexity index is 1040. The van der Waals surface area contributed by atoms with Gasteiger partial charge in [0, 0.05) is 27.6 Å². The number of anilines is 1. The van der Waals surface area contributed by atoms with Crippen molar-refractivity contribution in [2.45, 2.75) is 56.8 Å². The minimum Gasteiger partial charge on any atom is -0.464 e. The Balaban J connectivity index is 1.49. The van der Waals surface area contributed by atoms with E-state index in [4.69, 9.17) is 4.42 Å². The van der Waals surface area contributed by atoms with Crippen LogP contribution in [0.25, 0.3) is 11.3 Å². The molecule has 0 bridgehead atoms. The van der Waals surface area contributed by atoms with Crippen LogP contribution >= 0.6 is 11.8 Å². The van der Waals surface area contributed by atoms with Crippen LogP contribution in [0.2, 0.25) is 0 Å². The topological polar surface area (TPSA) is 16.4 Å². The summed E-state index contributed by atoms with van der Waals surface area (Å²) in [5.74, 6) is 0.940. The van der Waals surface area contributed by atoms with Gasteiger partial charge in [0.25, 0.3) is 0 Å². The number of hydrogen-bond acceptors (Lipinski definition) is 3. The van der Waals surface area contributed by atoms with Crippen LogP contribution in [0.3, 0.4) is 0 Å². The molecule has 2 heterocycles. The maximum absolute atomic E-state index is 5.66. The van der Waals surface area contributed by atoms with Gasteiger partial charge in [-0.25, -0.2) is 0 Å². The Hall–Kier alpha value is -2.39. The van der Waals surface area contributed by atoms with E-state index in [1.54, 1.807) is 6.26 Å². The molecule has 0 N–H and O–H groups in total. The van der Waals surface area contributed by atoms with Gasteiger partial charge in [0.1, 0.15) is 5.76 Å². The van der Waals surface area contributed by atoms with Crippen molar-refractivity contribution in [1.29, 1.82) is 0 Å². The van der Waals surface area contributed by atoms with Gasteiger partial charge in [-0.1, -0.05) is 56.2 Å². The molecule has 3 heteroatoms. The lowest BCUT2D eigenvalue weighted by molar-refractivity contribution is 0.582. The molecule has 0 spiro atoms. The van der Waals surface area contributed by atoms with E-state index in [0.717, 1.165) is 37.1 Å². The van der Waals surface area contributed by atoms with Gasteiger partial charge >= 0.3 is 0 Å². The summed E-state index contributed by atoms with van der Waals surface area (Å²) in [6.45, 7) is 3.39. The van der Waals surface area contributed by atoms with Crippen molar-refractivity contribution in [3.63, 3.8) is 0 Å². The monoisotopic (exact) mass is 415 g/mol. The van der Waals surface area contributed by atoms with Crippen LogP contribution in [0, 0.1) is 0 Å². The summed E-state index contributed by atoms with van der Waals surface area (Å²) in [5.41, 5.74) is 7.05. The predicted octanol–water partition coefficient (Wildman–Crippen LogP) is 8.26. The molecule has 2 aliphatic carbocycles. The first kappa shape index (κ1) is 19.6. The third-order valence-electron chi connectivity index (χ3n) is 6.24. The Morgan fingerprint density at radius 1 is 1.07 bits per heavy atom. The van der Waals surface area contributed by atoms with E-state index in [-0.39, 0.29) is 0 Å². The summed E-state index contributed by atoms with van der Waals surface area (Å²) in [6, 6.07) is 10.8. The van der Waals surface area contributed by atoms with Gasteiger partial charge < -0.3 is 9.32 Å². The standard InChI is InChI=1S/C27H29NOS/c1-2-3-4-7-16-28-23-14-12-21(20-9-5-6-10-20)18-26(23)30-27-19-22(13-15-24(27)28)25-11-8-17-29-25/h5-6,8-9,11,13,15,17-19H,2-4,7,10,12,14,16H2,1H3. The molecule has 1 aromatic carbocycles. The van der Waals surface area contributed by atoms with Crippen LogP contribution in [0.15, 0.2) is 92.0 Å². The zero-order chi connectivity index (χ0) is 20.3. The van der Waals surface area contributed by atoms with Gasteiger partial charge in [-0.2, -0.15) is 0 Å². The van der Waals surface area contributed by atoms with Gasteiger partial charge in [0.2, 0.25) is 0 Å². The predicted molar refractivity (Wildman–Crippen MR) is 128 cm³/mol. The van der Waals surface area contributed by atoms with Crippen LogP contribution in [0.5, 0.6) is 0 Å². The number of fused-ring (bicyclic) bond motifs is 1. The van der Waals surface area contributed by atoms with Crippen molar-refractivity contribution >= 4 is 17.4 Å². The van der Waals surface area contributed by atoms with Crippen molar-refractivity contribution in [2.75, 3.05) is 11.4 Å². The maximum atomic E-state index is 5.66. The molecule has 30 heavy (non-hydrogen) atoms. The molecule has 154 valence electrons. The largest absolute Gasteiger partial charge is 0.464 e. The molecular weight excluding hydrogens is 386 g/mol. The third kappa shape index (κ3) is 3.83. The molecule has 5 rings (SSSR count). The molecule has 0 radical (unpaired) electrons. The summed E-state index contributed by atoms with van der Waals surface area (Å²) in [5, 5.41) is 0. The van der Waals surface area contributed by atoms with Crippen molar-refractivity contribution in [2.24, 2.45) is 0 Å². The number of thioether (sulfide) groups is 1. The minimum atomic E-state index is 0.940. The highest BCUT2D eigenvalue weighted by molar-refractivity contribution is 8.03. The second-order valence-corrected chi connectivity index (χ2v) is 9.36. The van der Waals surface area contributed by atoms with E-state index in [2.05, 4.69) is 54.3 Å². The van der Waals surface area contributed by atoms with Crippen molar-refractivity contribution in [1.82, 2.24) is 0 Å². The Morgan fingerprint density at radius 2 is 2.03 bits per heavy atom. The molecule has 0 unspecified atom stereocenters. The molecule has 2 aromatic rings. The van der Waals surface area contributed by atoms with Crippen LogP contribution < -0.4 is 4.90 Å². The molecule has 1 aromatic heterocycles. The zero-order valence-electron chi connectivity index (χ0n) is 17.7. The van der Waals surface area contributed by atoms with Crippen LogP contribution in [0.1, 0.15) is 51.9 Å². The SMILES string of the molecule is CCCCCCN1C2=C(C=C(C3=CC=CC3)CC2)Sc2cc(-c3ccco3)ccc21. The van der Waals surface area contributed by atoms with E-state index in [1.165, 1.54) is 58.0 Å². The molecule has 0 saturated heterocycles. The molecule has 1 aliphatic heterocycles. The van der Waals surface area contributed by atoms with Gasteiger partial charge in [0.05, 0.1) is 12.0 Å². The summed E-state index contributed by atoms with van der Waals surface area (Å²) in [6.07, 6.45) is 19.5. The quantitative estimate of drug-likeness (QED) is 0.423. The highest BCUT2D eigenvalue weighted by atomic mass is 32.2. The molecular formula is C27H29NOS. The maximum Gasteiger partial charge on any atom is 0.133 e. The summed E-state index contributed by atoms with van der Waals surface area (Å²) in [4.78, 5) is 5.38. The molecule has 3 aliphatic rings. The van der Waals surface area contributed by atoms with Gasteiger partial charge in [0.15, 0.2) is 0 Å². The number of furan rings is 1. The highest BCUT2D eigenvalue weighted by Crippen LogP contribution is 2.49. The lowest BCUT2D eigenvalue weighted by Crippen LogP contribution is -2.28. The summed E-state index contributed by atoms with van der Waals surface area (Å²) < 4.78 is 5.66. The van der Waals surface area contributed by atoms with E-state index in [1.807, 2.05) is 23.9 Å². The summed E-state index contributed by atoms with van der Waals surface area (Å²) in [7, 11) is 0. The molecule has 0 saturated carbocycles. The number of hydrogen-bond donors (Lipinski definition) is 0. The van der Waals surface area contributed by atoms with Gasteiger partial charge in [-0.3, -0.25) is 0 Å². The Labute approximate surface area is 184 Å². The number of allylic oxidation sites excluding steroid dienone is 7. The zero-order valence-corrected chi connectivity index (χ0v) is 18.5. The van der Waals surface area contributed by atoms with Gasteiger partial charge in [-0.05, 0) is 73.2 Å². The fourth-order valence-corrected chi connectivity index (χ4v) is 5.85.